The van der Waals surface area contributed by atoms with Gasteiger partial charge in [-0.05, 0) is 37.5 Å². The molecular formula is C18H28N2O2. The lowest BCUT2D eigenvalue weighted by molar-refractivity contribution is 0.0572. The highest BCUT2D eigenvalue weighted by molar-refractivity contribution is 5.87. The first-order valence-electron chi connectivity index (χ1n) is 8.91. The number of aromatic nitrogens is 2. The fourth-order valence-corrected chi connectivity index (χ4v) is 4.60. The monoisotopic (exact) mass is 304 g/mol. The van der Waals surface area contributed by atoms with Crippen molar-refractivity contribution in [1.82, 2.24) is 9.55 Å². The lowest BCUT2D eigenvalue weighted by Crippen LogP contribution is -2.31. The maximum atomic E-state index is 12.1. The van der Waals surface area contributed by atoms with Crippen molar-refractivity contribution >= 4 is 5.97 Å². The third kappa shape index (κ3) is 3.21. The number of carbonyl (C=O) groups excluding carboxylic acids is 1. The van der Waals surface area contributed by atoms with Gasteiger partial charge in [0.15, 0.2) is 0 Å². The Morgan fingerprint density at radius 1 is 1.09 bits per heavy atom. The van der Waals surface area contributed by atoms with E-state index in [1.807, 2.05) is 6.33 Å². The van der Waals surface area contributed by atoms with Crippen molar-refractivity contribution in [3.05, 3.63) is 18.2 Å². The molecule has 0 saturated heterocycles. The molecule has 0 radical (unpaired) electrons. The first-order chi connectivity index (χ1) is 10.8. The highest BCUT2D eigenvalue weighted by atomic mass is 16.5. The predicted molar refractivity (Wildman–Crippen MR) is 85.8 cm³/mol. The summed E-state index contributed by atoms with van der Waals surface area (Å²) in [5.74, 6) is 1.12. The number of ether oxygens (including phenoxy) is 1. The molecule has 4 heteroatoms. The van der Waals surface area contributed by atoms with E-state index in [0.717, 1.165) is 0 Å². The minimum atomic E-state index is -0.255. The van der Waals surface area contributed by atoms with Crippen LogP contribution < -0.4 is 0 Å². The van der Waals surface area contributed by atoms with Crippen LogP contribution in [-0.4, -0.2) is 22.6 Å². The van der Waals surface area contributed by atoms with Gasteiger partial charge in [0.25, 0.3) is 0 Å². The summed E-state index contributed by atoms with van der Waals surface area (Å²) in [6, 6.07) is 0.428. The van der Waals surface area contributed by atoms with Crippen LogP contribution in [0.2, 0.25) is 0 Å². The third-order valence-electron chi connectivity index (χ3n) is 5.65. The average Bonchev–Trinajstić information content (AvgIpc) is 3.06. The van der Waals surface area contributed by atoms with Crippen molar-refractivity contribution in [3.8, 4) is 0 Å². The second-order valence-electron chi connectivity index (χ2n) is 6.96. The van der Waals surface area contributed by atoms with Crippen LogP contribution in [-0.2, 0) is 4.74 Å². The van der Waals surface area contributed by atoms with Crippen LogP contribution in [0.4, 0.5) is 0 Å². The molecule has 2 aliphatic carbocycles. The summed E-state index contributed by atoms with van der Waals surface area (Å²) in [5, 5.41) is 0. The summed E-state index contributed by atoms with van der Waals surface area (Å²) in [4.78, 5) is 16.3. The first-order valence-corrected chi connectivity index (χ1v) is 8.91. The molecule has 0 amide bonds. The first kappa shape index (κ1) is 15.6. The van der Waals surface area contributed by atoms with Crippen molar-refractivity contribution in [2.75, 3.05) is 7.11 Å². The lowest BCUT2D eigenvalue weighted by Gasteiger charge is -2.39. The van der Waals surface area contributed by atoms with Gasteiger partial charge in [0.05, 0.1) is 19.6 Å². The molecule has 1 aromatic heterocycles. The molecular weight excluding hydrogens is 276 g/mol. The number of carbonyl (C=O) groups is 1. The summed E-state index contributed by atoms with van der Waals surface area (Å²) < 4.78 is 7.11. The fraction of sp³-hybridized carbons (Fsp3) is 0.778. The Morgan fingerprint density at radius 3 is 2.14 bits per heavy atom. The van der Waals surface area contributed by atoms with Crippen molar-refractivity contribution in [2.24, 2.45) is 11.8 Å². The molecule has 0 aliphatic heterocycles. The van der Waals surface area contributed by atoms with E-state index in [9.17, 15) is 4.79 Å². The van der Waals surface area contributed by atoms with E-state index in [2.05, 4.69) is 9.55 Å². The Bertz CT molecular complexity index is 467. The molecule has 2 aliphatic rings. The van der Waals surface area contributed by atoms with Gasteiger partial charge in [-0.15, -0.1) is 0 Å². The largest absolute Gasteiger partial charge is 0.464 e. The van der Waals surface area contributed by atoms with Gasteiger partial charge in [-0.2, -0.15) is 0 Å². The highest BCUT2D eigenvalue weighted by Gasteiger charge is 2.34. The molecule has 122 valence electrons. The molecule has 4 nitrogen and oxygen atoms in total. The maximum Gasteiger partial charge on any atom is 0.356 e. The maximum absolute atomic E-state index is 12.1. The van der Waals surface area contributed by atoms with Crippen LogP contribution in [0.25, 0.3) is 0 Å². The van der Waals surface area contributed by atoms with Gasteiger partial charge in [-0.1, -0.05) is 38.5 Å². The van der Waals surface area contributed by atoms with Gasteiger partial charge < -0.3 is 9.30 Å². The van der Waals surface area contributed by atoms with E-state index in [-0.39, 0.29) is 5.97 Å². The molecule has 1 heterocycles. The Hall–Kier alpha value is -1.32. The normalized spacial score (nSPS) is 21.2. The van der Waals surface area contributed by atoms with E-state index >= 15 is 0 Å². The zero-order valence-corrected chi connectivity index (χ0v) is 13.7. The molecule has 1 aromatic rings. The second kappa shape index (κ2) is 7.30. The van der Waals surface area contributed by atoms with E-state index in [0.29, 0.717) is 23.6 Å². The zero-order valence-electron chi connectivity index (χ0n) is 13.7. The second-order valence-corrected chi connectivity index (χ2v) is 6.96. The Labute approximate surface area is 133 Å². The molecule has 22 heavy (non-hydrogen) atoms. The van der Waals surface area contributed by atoms with E-state index in [1.165, 1.54) is 71.3 Å². The predicted octanol–water partition coefficient (Wildman–Crippen LogP) is 4.37. The lowest BCUT2D eigenvalue weighted by atomic mass is 9.73. The van der Waals surface area contributed by atoms with Gasteiger partial charge in [0.1, 0.15) is 5.69 Å². The van der Waals surface area contributed by atoms with Crippen molar-refractivity contribution in [2.45, 2.75) is 70.3 Å². The minimum absolute atomic E-state index is 0.255. The van der Waals surface area contributed by atoms with Crippen LogP contribution >= 0.6 is 0 Å². The van der Waals surface area contributed by atoms with Gasteiger partial charge in [-0.25, -0.2) is 9.78 Å². The number of rotatable bonds is 4. The summed E-state index contributed by atoms with van der Waals surface area (Å²) in [6.45, 7) is 0. The SMILES string of the molecule is COC(=O)c1cncn1C(C1CCCCC1)C1CCCCC1. The van der Waals surface area contributed by atoms with Crippen LogP contribution in [0.5, 0.6) is 0 Å². The van der Waals surface area contributed by atoms with Crippen LogP contribution in [0.1, 0.15) is 80.7 Å². The Balaban J connectivity index is 1.90. The molecule has 3 rings (SSSR count). The average molecular weight is 304 g/mol. The van der Waals surface area contributed by atoms with Crippen molar-refractivity contribution in [3.63, 3.8) is 0 Å². The van der Waals surface area contributed by atoms with Gasteiger partial charge in [0.2, 0.25) is 0 Å². The number of esters is 1. The smallest absolute Gasteiger partial charge is 0.356 e. The zero-order chi connectivity index (χ0) is 15.4. The molecule has 0 unspecified atom stereocenters. The highest BCUT2D eigenvalue weighted by Crippen LogP contribution is 2.43. The van der Waals surface area contributed by atoms with Crippen LogP contribution in [0.15, 0.2) is 12.5 Å². The summed E-state index contributed by atoms with van der Waals surface area (Å²) in [7, 11) is 1.45. The standard InChI is InChI=1S/C18H28N2O2/c1-22-18(21)16-12-19-13-20(16)17(14-8-4-2-5-9-14)15-10-6-3-7-11-15/h12-15,17H,2-11H2,1H3. The van der Waals surface area contributed by atoms with Gasteiger partial charge in [0, 0.05) is 6.04 Å². The number of methoxy groups -OCH3 is 1. The number of nitrogens with zero attached hydrogens (tertiary/aromatic N) is 2. The van der Waals surface area contributed by atoms with Gasteiger partial charge >= 0.3 is 5.97 Å². The summed E-state index contributed by atoms with van der Waals surface area (Å²) in [5.41, 5.74) is 0.628. The van der Waals surface area contributed by atoms with Crippen LogP contribution in [0.3, 0.4) is 0 Å². The van der Waals surface area contributed by atoms with E-state index < -0.39 is 0 Å². The minimum Gasteiger partial charge on any atom is -0.464 e. The molecule has 0 N–H and O–H groups in total. The molecule has 0 spiro atoms. The Morgan fingerprint density at radius 2 is 1.64 bits per heavy atom. The van der Waals surface area contributed by atoms with Crippen LogP contribution in [0, 0.1) is 11.8 Å². The quantitative estimate of drug-likeness (QED) is 0.776. The topological polar surface area (TPSA) is 44.1 Å². The number of hydrogen-bond donors (Lipinski definition) is 0. The molecule has 0 aromatic carbocycles. The van der Waals surface area contributed by atoms with Crippen molar-refractivity contribution < 1.29 is 9.53 Å². The Kier molecular flexibility index (Phi) is 5.16. The number of hydrogen-bond acceptors (Lipinski definition) is 3. The molecule has 2 saturated carbocycles. The fourth-order valence-electron chi connectivity index (χ4n) is 4.60. The van der Waals surface area contributed by atoms with Crippen molar-refractivity contribution in [1.29, 1.82) is 0 Å². The van der Waals surface area contributed by atoms with E-state index in [4.69, 9.17) is 4.74 Å². The summed E-state index contributed by atoms with van der Waals surface area (Å²) >= 11 is 0. The van der Waals surface area contributed by atoms with E-state index in [1.54, 1.807) is 6.20 Å². The molecule has 2 fully saturated rings. The third-order valence-corrected chi connectivity index (χ3v) is 5.65. The molecule has 0 bridgehead atoms. The number of imidazole rings is 1. The summed E-state index contributed by atoms with van der Waals surface area (Å²) in [6.07, 6.45) is 16.7. The van der Waals surface area contributed by atoms with Gasteiger partial charge in [-0.3, -0.25) is 0 Å². The molecule has 0 atom stereocenters.